The summed E-state index contributed by atoms with van der Waals surface area (Å²) in [6, 6.07) is 13.0. The van der Waals surface area contributed by atoms with Gasteiger partial charge in [0.2, 0.25) is 0 Å². The zero-order chi connectivity index (χ0) is 18.3. The predicted molar refractivity (Wildman–Crippen MR) is 100 cm³/mol. The minimum Gasteiger partial charge on any atom is -0.337 e. The first-order chi connectivity index (χ1) is 12.5. The number of hydrogen-bond donors (Lipinski definition) is 1. The molecule has 1 saturated heterocycles. The normalized spacial score (nSPS) is 22.7. The van der Waals surface area contributed by atoms with E-state index < -0.39 is 0 Å². The maximum atomic E-state index is 13.9. The number of nitrogens with zero attached hydrogens (tertiary/aromatic N) is 1. The second-order valence-corrected chi connectivity index (χ2v) is 7.79. The van der Waals surface area contributed by atoms with Gasteiger partial charge in [0.05, 0.1) is 0 Å². The van der Waals surface area contributed by atoms with Crippen LogP contribution in [0.15, 0.2) is 42.5 Å². The van der Waals surface area contributed by atoms with E-state index in [1.165, 1.54) is 12.8 Å². The van der Waals surface area contributed by atoms with Gasteiger partial charge >= 0.3 is 0 Å². The van der Waals surface area contributed by atoms with Crippen molar-refractivity contribution in [3.63, 3.8) is 0 Å². The van der Waals surface area contributed by atoms with Crippen molar-refractivity contribution in [1.82, 2.24) is 4.90 Å². The Labute approximate surface area is 154 Å². The van der Waals surface area contributed by atoms with E-state index in [4.69, 9.17) is 5.73 Å². The molecule has 2 aliphatic rings. The zero-order valence-electron chi connectivity index (χ0n) is 15.1. The number of likely N-dealkylation sites (tertiary alicyclic amines) is 1. The summed E-state index contributed by atoms with van der Waals surface area (Å²) in [6.45, 7) is 3.15. The SMILES string of the molecule is Cc1ccc(Cc2ccccc2C(=O)N2C[C@@H](N)[C@H](C3CC3)C2)cc1F. The lowest BCUT2D eigenvalue weighted by Crippen LogP contribution is -2.33. The number of benzene rings is 2. The number of carbonyl (C=O) groups is 1. The fourth-order valence-electron chi connectivity index (χ4n) is 4.06. The molecule has 26 heavy (non-hydrogen) atoms. The van der Waals surface area contributed by atoms with E-state index in [-0.39, 0.29) is 17.8 Å². The van der Waals surface area contributed by atoms with Gasteiger partial charge in [-0.3, -0.25) is 4.79 Å². The third-order valence-electron chi connectivity index (χ3n) is 5.81. The first-order valence-corrected chi connectivity index (χ1v) is 9.40. The fourth-order valence-corrected chi connectivity index (χ4v) is 4.06. The first kappa shape index (κ1) is 17.2. The van der Waals surface area contributed by atoms with Gasteiger partial charge in [0.1, 0.15) is 5.82 Å². The Bertz CT molecular complexity index is 831. The van der Waals surface area contributed by atoms with Gasteiger partial charge in [0.25, 0.3) is 5.91 Å². The van der Waals surface area contributed by atoms with Crippen LogP contribution < -0.4 is 5.73 Å². The molecule has 1 amide bonds. The molecule has 0 spiro atoms. The summed E-state index contributed by atoms with van der Waals surface area (Å²) in [5.41, 5.74) is 9.43. The van der Waals surface area contributed by atoms with Crippen LogP contribution in [0.25, 0.3) is 0 Å². The van der Waals surface area contributed by atoms with E-state index in [2.05, 4.69) is 0 Å². The Kier molecular flexibility index (Phi) is 4.53. The lowest BCUT2D eigenvalue weighted by atomic mass is 9.98. The van der Waals surface area contributed by atoms with Crippen molar-refractivity contribution in [3.8, 4) is 0 Å². The Hall–Kier alpha value is -2.20. The van der Waals surface area contributed by atoms with E-state index in [1.807, 2.05) is 35.2 Å². The molecular formula is C22H25FN2O. The van der Waals surface area contributed by atoms with Crippen LogP contribution in [0, 0.1) is 24.6 Å². The molecule has 2 aromatic rings. The number of halogens is 1. The van der Waals surface area contributed by atoms with Crippen LogP contribution in [0.3, 0.4) is 0 Å². The van der Waals surface area contributed by atoms with Crippen LogP contribution in [-0.4, -0.2) is 29.9 Å². The molecule has 3 nitrogen and oxygen atoms in total. The fraction of sp³-hybridized carbons (Fsp3) is 0.409. The minimum absolute atomic E-state index is 0.0479. The summed E-state index contributed by atoms with van der Waals surface area (Å²) in [7, 11) is 0. The van der Waals surface area contributed by atoms with Crippen molar-refractivity contribution >= 4 is 5.91 Å². The maximum absolute atomic E-state index is 13.9. The third kappa shape index (κ3) is 3.38. The highest BCUT2D eigenvalue weighted by molar-refractivity contribution is 5.96. The predicted octanol–water partition coefficient (Wildman–Crippen LogP) is 3.53. The van der Waals surface area contributed by atoms with E-state index in [0.29, 0.717) is 35.9 Å². The average Bonchev–Trinajstić information content (AvgIpc) is 3.40. The Morgan fingerprint density at radius 1 is 1.19 bits per heavy atom. The van der Waals surface area contributed by atoms with Crippen molar-refractivity contribution in [2.24, 2.45) is 17.6 Å². The number of amides is 1. The third-order valence-corrected chi connectivity index (χ3v) is 5.81. The summed E-state index contributed by atoms with van der Waals surface area (Å²) >= 11 is 0. The first-order valence-electron chi connectivity index (χ1n) is 9.40. The molecule has 1 aliphatic heterocycles. The lowest BCUT2D eigenvalue weighted by Gasteiger charge is -2.18. The van der Waals surface area contributed by atoms with Crippen molar-refractivity contribution < 1.29 is 9.18 Å². The number of carbonyl (C=O) groups excluding carboxylic acids is 1. The lowest BCUT2D eigenvalue weighted by molar-refractivity contribution is 0.0784. The second kappa shape index (κ2) is 6.84. The van der Waals surface area contributed by atoms with Gasteiger partial charge in [-0.05, 0) is 66.8 Å². The summed E-state index contributed by atoms with van der Waals surface area (Å²) in [4.78, 5) is 15.0. The van der Waals surface area contributed by atoms with Crippen molar-refractivity contribution in [3.05, 3.63) is 70.5 Å². The highest BCUT2D eigenvalue weighted by atomic mass is 19.1. The summed E-state index contributed by atoms with van der Waals surface area (Å²) < 4.78 is 13.9. The molecule has 1 aliphatic carbocycles. The van der Waals surface area contributed by atoms with Crippen LogP contribution in [0.5, 0.6) is 0 Å². The van der Waals surface area contributed by atoms with Gasteiger partial charge in [0, 0.05) is 24.7 Å². The summed E-state index contributed by atoms with van der Waals surface area (Å²) in [5.74, 6) is 0.988. The molecule has 2 aromatic carbocycles. The van der Waals surface area contributed by atoms with Crippen molar-refractivity contribution in [2.75, 3.05) is 13.1 Å². The van der Waals surface area contributed by atoms with Gasteiger partial charge in [-0.15, -0.1) is 0 Å². The number of rotatable bonds is 4. The zero-order valence-corrected chi connectivity index (χ0v) is 15.1. The molecular weight excluding hydrogens is 327 g/mol. The molecule has 2 fully saturated rings. The quantitative estimate of drug-likeness (QED) is 0.915. The standard InChI is InChI=1S/C22H25FN2O/c1-14-6-7-15(11-20(14)23)10-17-4-2-3-5-18(17)22(26)25-12-19(16-8-9-16)21(24)13-25/h2-7,11,16,19,21H,8-10,12-13,24H2,1H3/t19-,21+/m0/s1. The van der Waals surface area contributed by atoms with Crippen molar-refractivity contribution in [2.45, 2.75) is 32.2 Å². The molecule has 4 rings (SSSR count). The van der Waals surface area contributed by atoms with E-state index in [0.717, 1.165) is 17.7 Å². The highest BCUT2D eigenvalue weighted by Gasteiger charge is 2.42. The molecule has 1 saturated carbocycles. The molecule has 2 atom stereocenters. The largest absolute Gasteiger partial charge is 0.337 e. The van der Waals surface area contributed by atoms with Gasteiger partial charge < -0.3 is 10.6 Å². The monoisotopic (exact) mass is 352 g/mol. The average molecular weight is 352 g/mol. The van der Waals surface area contributed by atoms with Crippen LogP contribution in [-0.2, 0) is 6.42 Å². The van der Waals surface area contributed by atoms with Gasteiger partial charge in [-0.1, -0.05) is 30.3 Å². The van der Waals surface area contributed by atoms with Crippen LogP contribution in [0.1, 0.15) is 39.9 Å². The highest BCUT2D eigenvalue weighted by Crippen LogP contribution is 2.41. The smallest absolute Gasteiger partial charge is 0.254 e. The number of hydrogen-bond acceptors (Lipinski definition) is 2. The van der Waals surface area contributed by atoms with Crippen LogP contribution >= 0.6 is 0 Å². The second-order valence-electron chi connectivity index (χ2n) is 7.79. The van der Waals surface area contributed by atoms with E-state index in [9.17, 15) is 9.18 Å². The molecule has 0 aromatic heterocycles. The molecule has 2 N–H and O–H groups in total. The van der Waals surface area contributed by atoms with Gasteiger partial charge in [0.15, 0.2) is 0 Å². The maximum Gasteiger partial charge on any atom is 0.254 e. The van der Waals surface area contributed by atoms with E-state index >= 15 is 0 Å². The van der Waals surface area contributed by atoms with Gasteiger partial charge in [-0.25, -0.2) is 4.39 Å². The topological polar surface area (TPSA) is 46.3 Å². The molecule has 0 bridgehead atoms. The van der Waals surface area contributed by atoms with Crippen LogP contribution in [0.4, 0.5) is 4.39 Å². The Balaban J connectivity index is 1.55. The molecule has 136 valence electrons. The van der Waals surface area contributed by atoms with Crippen LogP contribution in [0.2, 0.25) is 0 Å². The Morgan fingerprint density at radius 3 is 2.69 bits per heavy atom. The molecule has 0 radical (unpaired) electrons. The minimum atomic E-state index is -0.205. The summed E-state index contributed by atoms with van der Waals surface area (Å²) in [6.07, 6.45) is 3.04. The summed E-state index contributed by atoms with van der Waals surface area (Å²) in [5, 5.41) is 0. The number of aryl methyl sites for hydroxylation is 1. The van der Waals surface area contributed by atoms with Crippen molar-refractivity contribution in [1.29, 1.82) is 0 Å². The Morgan fingerprint density at radius 2 is 1.96 bits per heavy atom. The number of nitrogens with two attached hydrogens (primary N) is 1. The van der Waals surface area contributed by atoms with Gasteiger partial charge in [-0.2, -0.15) is 0 Å². The molecule has 1 heterocycles. The molecule has 4 heteroatoms. The van der Waals surface area contributed by atoms with E-state index in [1.54, 1.807) is 19.1 Å². The molecule has 0 unspecified atom stereocenters.